The molecule has 0 amide bonds. The van der Waals surface area contributed by atoms with Gasteiger partial charge in [0.2, 0.25) is 0 Å². The van der Waals surface area contributed by atoms with E-state index in [4.69, 9.17) is 4.74 Å². The molecule has 0 spiro atoms. The summed E-state index contributed by atoms with van der Waals surface area (Å²) >= 11 is 0. The fraction of sp³-hybridized carbons (Fsp3) is 0.571. The second-order valence-corrected chi connectivity index (χ2v) is 5.17. The van der Waals surface area contributed by atoms with Crippen LogP contribution in [0.3, 0.4) is 0 Å². The second-order valence-electron chi connectivity index (χ2n) is 5.17. The molecule has 2 heterocycles. The third kappa shape index (κ3) is 3.37. The number of carbonyl (C=O) groups is 1. The van der Waals surface area contributed by atoms with Crippen molar-refractivity contribution in [2.24, 2.45) is 5.41 Å². The van der Waals surface area contributed by atoms with Gasteiger partial charge in [0.05, 0.1) is 12.0 Å². The Balaban J connectivity index is 1.93. The summed E-state index contributed by atoms with van der Waals surface area (Å²) < 4.78 is 5.46. The van der Waals surface area contributed by atoms with Crippen molar-refractivity contribution in [1.29, 1.82) is 0 Å². The number of ether oxygens (including phenoxy) is 1. The van der Waals surface area contributed by atoms with Gasteiger partial charge in [-0.25, -0.2) is 0 Å². The number of carbonyl (C=O) groups excluding carboxylic acids is 1. The summed E-state index contributed by atoms with van der Waals surface area (Å²) in [5, 5.41) is 0. The van der Waals surface area contributed by atoms with Crippen molar-refractivity contribution in [3.05, 3.63) is 30.1 Å². The number of nitrogens with zero attached hydrogens (tertiary/aromatic N) is 2. The quantitative estimate of drug-likeness (QED) is 0.741. The van der Waals surface area contributed by atoms with Gasteiger partial charge in [0, 0.05) is 32.1 Å². The van der Waals surface area contributed by atoms with Crippen LogP contribution in [0.2, 0.25) is 0 Å². The SMILES string of the molecule is CN(Cc1cccnc1)CC1(C=O)CCCOC1. The van der Waals surface area contributed by atoms with E-state index in [9.17, 15) is 4.79 Å². The van der Waals surface area contributed by atoms with Crippen molar-refractivity contribution in [1.82, 2.24) is 9.88 Å². The van der Waals surface area contributed by atoms with Gasteiger partial charge in [0.25, 0.3) is 0 Å². The van der Waals surface area contributed by atoms with Gasteiger partial charge in [-0.2, -0.15) is 0 Å². The fourth-order valence-corrected chi connectivity index (χ4v) is 2.53. The lowest BCUT2D eigenvalue weighted by atomic mass is 9.83. The molecule has 0 N–H and O–H groups in total. The lowest BCUT2D eigenvalue weighted by Gasteiger charge is -2.35. The summed E-state index contributed by atoms with van der Waals surface area (Å²) in [7, 11) is 2.03. The highest BCUT2D eigenvalue weighted by atomic mass is 16.5. The van der Waals surface area contributed by atoms with Gasteiger partial charge in [-0.05, 0) is 31.5 Å². The Hall–Kier alpha value is -1.26. The van der Waals surface area contributed by atoms with Crippen LogP contribution in [0.4, 0.5) is 0 Å². The molecule has 0 aromatic carbocycles. The molecule has 0 bridgehead atoms. The van der Waals surface area contributed by atoms with E-state index in [2.05, 4.69) is 16.0 Å². The lowest BCUT2D eigenvalue weighted by molar-refractivity contribution is -0.125. The number of pyridine rings is 1. The summed E-state index contributed by atoms with van der Waals surface area (Å²) in [6.45, 7) is 2.88. The predicted molar refractivity (Wildman–Crippen MR) is 69.1 cm³/mol. The molecule has 0 aliphatic carbocycles. The van der Waals surface area contributed by atoms with Gasteiger partial charge >= 0.3 is 0 Å². The number of hydrogen-bond donors (Lipinski definition) is 0. The molecule has 2 rings (SSSR count). The Morgan fingerprint density at radius 2 is 2.50 bits per heavy atom. The maximum Gasteiger partial charge on any atom is 0.129 e. The first-order valence-corrected chi connectivity index (χ1v) is 6.36. The predicted octanol–water partition coefficient (Wildman–Crippen LogP) is 1.51. The van der Waals surface area contributed by atoms with Crippen LogP contribution in [0.1, 0.15) is 18.4 Å². The Kier molecular flexibility index (Phi) is 4.44. The van der Waals surface area contributed by atoms with Crippen molar-refractivity contribution >= 4 is 6.29 Å². The van der Waals surface area contributed by atoms with Crippen LogP contribution in [-0.4, -0.2) is 43.0 Å². The van der Waals surface area contributed by atoms with E-state index < -0.39 is 0 Å². The Bertz CT molecular complexity index is 375. The van der Waals surface area contributed by atoms with E-state index in [1.54, 1.807) is 6.20 Å². The highest BCUT2D eigenvalue weighted by Crippen LogP contribution is 2.27. The molecular formula is C14H20N2O2. The molecule has 1 aromatic rings. The maximum absolute atomic E-state index is 11.4. The minimum atomic E-state index is -0.324. The van der Waals surface area contributed by atoms with Gasteiger partial charge < -0.3 is 14.4 Å². The van der Waals surface area contributed by atoms with Gasteiger partial charge in [0.15, 0.2) is 0 Å². The highest BCUT2D eigenvalue weighted by Gasteiger charge is 2.33. The Morgan fingerprint density at radius 1 is 1.61 bits per heavy atom. The second kappa shape index (κ2) is 6.07. The molecule has 1 aromatic heterocycles. The van der Waals surface area contributed by atoms with E-state index in [0.29, 0.717) is 6.61 Å². The number of hydrogen-bond acceptors (Lipinski definition) is 4. The van der Waals surface area contributed by atoms with Crippen LogP contribution < -0.4 is 0 Å². The smallest absolute Gasteiger partial charge is 0.129 e. The van der Waals surface area contributed by atoms with E-state index in [0.717, 1.165) is 44.4 Å². The van der Waals surface area contributed by atoms with Crippen molar-refractivity contribution in [2.45, 2.75) is 19.4 Å². The zero-order chi connectivity index (χ0) is 12.8. The topological polar surface area (TPSA) is 42.4 Å². The molecular weight excluding hydrogens is 228 g/mol. The van der Waals surface area contributed by atoms with E-state index in [-0.39, 0.29) is 5.41 Å². The summed E-state index contributed by atoms with van der Waals surface area (Å²) in [6, 6.07) is 3.98. The van der Waals surface area contributed by atoms with E-state index in [1.165, 1.54) is 0 Å². The minimum absolute atomic E-state index is 0.324. The molecule has 0 radical (unpaired) electrons. The zero-order valence-electron chi connectivity index (χ0n) is 10.8. The average Bonchev–Trinajstić information content (AvgIpc) is 2.41. The van der Waals surface area contributed by atoms with Crippen LogP contribution in [-0.2, 0) is 16.1 Å². The van der Waals surface area contributed by atoms with E-state index >= 15 is 0 Å². The number of aromatic nitrogens is 1. The zero-order valence-corrected chi connectivity index (χ0v) is 10.8. The summed E-state index contributed by atoms with van der Waals surface area (Å²) in [6.07, 6.45) is 6.60. The van der Waals surface area contributed by atoms with Crippen LogP contribution >= 0.6 is 0 Å². The monoisotopic (exact) mass is 248 g/mol. The first-order chi connectivity index (χ1) is 8.74. The number of rotatable bonds is 5. The molecule has 1 aliphatic rings. The average molecular weight is 248 g/mol. The van der Waals surface area contributed by atoms with Gasteiger partial charge in [-0.3, -0.25) is 4.98 Å². The Morgan fingerprint density at radius 3 is 3.11 bits per heavy atom. The summed E-state index contributed by atoms with van der Waals surface area (Å²) in [5.74, 6) is 0. The summed E-state index contributed by atoms with van der Waals surface area (Å²) in [5.41, 5.74) is 0.840. The molecule has 1 unspecified atom stereocenters. The third-order valence-corrected chi connectivity index (χ3v) is 3.36. The first kappa shape index (κ1) is 13.2. The van der Waals surface area contributed by atoms with Crippen molar-refractivity contribution in [3.63, 3.8) is 0 Å². The number of aldehydes is 1. The van der Waals surface area contributed by atoms with Crippen molar-refractivity contribution in [3.8, 4) is 0 Å². The third-order valence-electron chi connectivity index (χ3n) is 3.36. The highest BCUT2D eigenvalue weighted by molar-refractivity contribution is 5.60. The van der Waals surface area contributed by atoms with Crippen LogP contribution in [0, 0.1) is 5.41 Å². The molecule has 1 saturated heterocycles. The van der Waals surface area contributed by atoms with Gasteiger partial charge in [-0.15, -0.1) is 0 Å². The van der Waals surface area contributed by atoms with Crippen LogP contribution in [0.15, 0.2) is 24.5 Å². The lowest BCUT2D eigenvalue weighted by Crippen LogP contribution is -2.42. The van der Waals surface area contributed by atoms with Crippen LogP contribution in [0.5, 0.6) is 0 Å². The van der Waals surface area contributed by atoms with Crippen molar-refractivity contribution < 1.29 is 9.53 Å². The van der Waals surface area contributed by atoms with Crippen molar-refractivity contribution in [2.75, 3.05) is 26.8 Å². The summed E-state index contributed by atoms with van der Waals surface area (Å²) in [4.78, 5) is 17.6. The molecule has 4 nitrogen and oxygen atoms in total. The molecule has 0 saturated carbocycles. The standard InChI is InChI=1S/C14H20N2O2/c1-16(9-13-4-2-6-15-8-13)10-14(11-17)5-3-7-18-12-14/h2,4,6,8,11H,3,5,7,9-10,12H2,1H3. The molecule has 1 aliphatic heterocycles. The minimum Gasteiger partial charge on any atom is -0.380 e. The normalized spacial score (nSPS) is 24.1. The molecule has 18 heavy (non-hydrogen) atoms. The van der Waals surface area contributed by atoms with Gasteiger partial charge in [-0.1, -0.05) is 6.07 Å². The van der Waals surface area contributed by atoms with Gasteiger partial charge in [0.1, 0.15) is 6.29 Å². The molecule has 1 fully saturated rings. The Labute approximate surface area is 108 Å². The molecule has 1 atom stereocenters. The first-order valence-electron chi connectivity index (χ1n) is 6.36. The largest absolute Gasteiger partial charge is 0.380 e. The van der Waals surface area contributed by atoms with E-state index in [1.807, 2.05) is 19.3 Å². The molecule has 98 valence electrons. The fourth-order valence-electron chi connectivity index (χ4n) is 2.53. The molecule has 4 heteroatoms. The maximum atomic E-state index is 11.4. The van der Waals surface area contributed by atoms with Crippen LogP contribution in [0.25, 0.3) is 0 Å².